The number of sulfonamides is 1. The van der Waals surface area contributed by atoms with Crippen LogP contribution in [0.15, 0.2) is 29.2 Å². The summed E-state index contributed by atoms with van der Waals surface area (Å²) in [6, 6.07) is 7.08. The monoisotopic (exact) mass is 298 g/mol. The highest BCUT2D eigenvalue weighted by Gasteiger charge is 2.30. The van der Waals surface area contributed by atoms with Crippen LogP contribution in [0.1, 0.15) is 20.3 Å². The van der Waals surface area contributed by atoms with E-state index in [1.54, 1.807) is 12.1 Å². The van der Waals surface area contributed by atoms with Gasteiger partial charge in [-0.1, -0.05) is 19.1 Å². The second kappa shape index (κ2) is 6.56. The summed E-state index contributed by atoms with van der Waals surface area (Å²) in [7, 11) is -3.47. The molecule has 0 bridgehead atoms. The van der Waals surface area contributed by atoms with E-state index in [1.807, 2.05) is 26.0 Å². The summed E-state index contributed by atoms with van der Waals surface area (Å²) in [6.07, 6.45) is 0.887. The van der Waals surface area contributed by atoms with Gasteiger partial charge >= 0.3 is 0 Å². The number of rotatable bonds is 5. The predicted molar refractivity (Wildman–Crippen MR) is 79.4 cm³/mol. The Morgan fingerprint density at radius 3 is 2.85 bits per heavy atom. The molecule has 6 heteroatoms. The van der Waals surface area contributed by atoms with Crippen LogP contribution in [-0.2, 0) is 14.8 Å². The van der Waals surface area contributed by atoms with Gasteiger partial charge in [0.15, 0.2) is 0 Å². The first-order valence-corrected chi connectivity index (χ1v) is 8.44. The molecular weight excluding hydrogens is 276 g/mol. The lowest BCUT2D eigenvalue weighted by atomic mass is 10.3. The number of nitrogens with one attached hydrogen (secondary N) is 1. The number of benzene rings is 1. The molecule has 1 aliphatic heterocycles. The van der Waals surface area contributed by atoms with Crippen molar-refractivity contribution >= 4 is 15.7 Å². The number of morpholine rings is 1. The van der Waals surface area contributed by atoms with Crippen molar-refractivity contribution in [3.8, 4) is 0 Å². The van der Waals surface area contributed by atoms with Gasteiger partial charge in [-0.15, -0.1) is 0 Å². The summed E-state index contributed by atoms with van der Waals surface area (Å²) in [6.45, 7) is 5.97. The van der Waals surface area contributed by atoms with Crippen LogP contribution in [0.4, 0.5) is 5.69 Å². The summed E-state index contributed by atoms with van der Waals surface area (Å²) in [5, 5.41) is 3.18. The van der Waals surface area contributed by atoms with Gasteiger partial charge in [-0.25, -0.2) is 8.42 Å². The van der Waals surface area contributed by atoms with Crippen LogP contribution in [0.3, 0.4) is 0 Å². The quantitative estimate of drug-likeness (QED) is 0.902. The molecule has 1 aromatic rings. The molecule has 20 heavy (non-hydrogen) atoms. The topological polar surface area (TPSA) is 58.6 Å². The average Bonchev–Trinajstić information content (AvgIpc) is 2.45. The molecule has 1 unspecified atom stereocenters. The molecule has 1 atom stereocenters. The number of hydrogen-bond acceptors (Lipinski definition) is 4. The van der Waals surface area contributed by atoms with Crippen molar-refractivity contribution in [2.75, 3.05) is 31.6 Å². The van der Waals surface area contributed by atoms with Gasteiger partial charge in [-0.2, -0.15) is 4.31 Å². The zero-order chi connectivity index (χ0) is 14.6. The molecule has 1 fully saturated rings. The molecule has 1 aliphatic rings. The maximum atomic E-state index is 12.7. The second-order valence-corrected chi connectivity index (χ2v) is 6.87. The molecule has 1 aromatic carbocycles. The molecule has 0 spiro atoms. The molecule has 0 saturated carbocycles. The third kappa shape index (κ3) is 3.31. The Balaban J connectivity index is 2.29. The van der Waals surface area contributed by atoms with E-state index >= 15 is 0 Å². The molecule has 1 N–H and O–H groups in total. The number of ether oxygens (including phenoxy) is 1. The van der Waals surface area contributed by atoms with Crippen molar-refractivity contribution in [2.24, 2.45) is 0 Å². The minimum absolute atomic E-state index is 0.0608. The Morgan fingerprint density at radius 2 is 2.15 bits per heavy atom. The summed E-state index contributed by atoms with van der Waals surface area (Å²) >= 11 is 0. The van der Waals surface area contributed by atoms with Crippen LogP contribution in [0, 0.1) is 0 Å². The summed E-state index contributed by atoms with van der Waals surface area (Å²) in [5.74, 6) is 0. The van der Waals surface area contributed by atoms with Crippen molar-refractivity contribution < 1.29 is 13.2 Å². The Bertz CT molecular complexity index is 545. The highest BCUT2D eigenvalue weighted by molar-refractivity contribution is 7.89. The SMILES string of the molecule is CCCNc1ccccc1S(=O)(=O)N1CCOC(C)C1. The molecule has 112 valence electrons. The maximum Gasteiger partial charge on any atom is 0.245 e. The Hall–Kier alpha value is -1.11. The van der Waals surface area contributed by atoms with E-state index in [0.29, 0.717) is 30.3 Å². The Labute approximate surface area is 121 Å². The van der Waals surface area contributed by atoms with Crippen LogP contribution in [-0.4, -0.2) is 45.1 Å². The van der Waals surface area contributed by atoms with E-state index in [9.17, 15) is 8.42 Å². The van der Waals surface area contributed by atoms with Gasteiger partial charge in [-0.3, -0.25) is 0 Å². The molecular formula is C14H22N2O3S. The van der Waals surface area contributed by atoms with E-state index in [4.69, 9.17) is 4.74 Å². The summed E-state index contributed by atoms with van der Waals surface area (Å²) in [4.78, 5) is 0.350. The van der Waals surface area contributed by atoms with Crippen LogP contribution >= 0.6 is 0 Å². The molecule has 5 nitrogen and oxygen atoms in total. The largest absolute Gasteiger partial charge is 0.384 e. The molecule has 0 aromatic heterocycles. The van der Waals surface area contributed by atoms with E-state index < -0.39 is 10.0 Å². The number of nitrogens with zero attached hydrogens (tertiary/aromatic N) is 1. The molecule has 1 saturated heterocycles. The summed E-state index contributed by atoms with van der Waals surface area (Å²) < 4.78 is 32.4. The molecule has 2 rings (SSSR count). The average molecular weight is 298 g/mol. The second-order valence-electron chi connectivity index (χ2n) is 4.97. The molecule has 0 aliphatic carbocycles. The first-order valence-electron chi connectivity index (χ1n) is 7.00. The first kappa shape index (κ1) is 15.3. The summed E-state index contributed by atoms with van der Waals surface area (Å²) in [5.41, 5.74) is 0.675. The van der Waals surface area contributed by atoms with Crippen LogP contribution < -0.4 is 5.32 Å². The smallest absolute Gasteiger partial charge is 0.245 e. The lowest BCUT2D eigenvalue weighted by Crippen LogP contribution is -2.44. The van der Waals surface area contributed by atoms with Crippen molar-refractivity contribution in [3.63, 3.8) is 0 Å². The fraction of sp³-hybridized carbons (Fsp3) is 0.571. The minimum Gasteiger partial charge on any atom is -0.384 e. The number of hydrogen-bond donors (Lipinski definition) is 1. The Morgan fingerprint density at radius 1 is 1.40 bits per heavy atom. The van der Waals surface area contributed by atoms with E-state index in [0.717, 1.165) is 13.0 Å². The zero-order valence-corrected chi connectivity index (χ0v) is 12.8. The van der Waals surface area contributed by atoms with Crippen molar-refractivity contribution in [1.82, 2.24) is 4.31 Å². The lowest BCUT2D eigenvalue weighted by molar-refractivity contribution is 0.0102. The van der Waals surface area contributed by atoms with Gasteiger partial charge in [0.05, 0.1) is 18.4 Å². The van der Waals surface area contributed by atoms with Gasteiger partial charge in [0, 0.05) is 19.6 Å². The van der Waals surface area contributed by atoms with Crippen molar-refractivity contribution in [3.05, 3.63) is 24.3 Å². The van der Waals surface area contributed by atoms with Gasteiger partial charge in [0.25, 0.3) is 0 Å². The van der Waals surface area contributed by atoms with E-state index in [2.05, 4.69) is 5.32 Å². The van der Waals surface area contributed by atoms with Crippen LogP contribution in [0.5, 0.6) is 0 Å². The van der Waals surface area contributed by atoms with E-state index in [-0.39, 0.29) is 6.10 Å². The van der Waals surface area contributed by atoms with Gasteiger partial charge in [0.2, 0.25) is 10.0 Å². The van der Waals surface area contributed by atoms with Gasteiger partial charge < -0.3 is 10.1 Å². The van der Waals surface area contributed by atoms with Crippen LogP contribution in [0.25, 0.3) is 0 Å². The zero-order valence-electron chi connectivity index (χ0n) is 12.0. The van der Waals surface area contributed by atoms with Crippen LogP contribution in [0.2, 0.25) is 0 Å². The van der Waals surface area contributed by atoms with Crippen molar-refractivity contribution in [2.45, 2.75) is 31.3 Å². The first-order chi connectivity index (χ1) is 9.55. The predicted octanol–water partition coefficient (Wildman–Crippen LogP) is 1.92. The fourth-order valence-electron chi connectivity index (χ4n) is 2.24. The Kier molecular flexibility index (Phi) is 5.01. The third-order valence-corrected chi connectivity index (χ3v) is 5.20. The molecule has 0 amide bonds. The van der Waals surface area contributed by atoms with Crippen molar-refractivity contribution in [1.29, 1.82) is 0 Å². The number of para-hydroxylation sites is 1. The fourth-order valence-corrected chi connectivity index (χ4v) is 3.91. The normalized spacial score (nSPS) is 20.8. The number of anilines is 1. The molecule has 1 heterocycles. The van der Waals surface area contributed by atoms with E-state index in [1.165, 1.54) is 4.31 Å². The van der Waals surface area contributed by atoms with Gasteiger partial charge in [0.1, 0.15) is 4.90 Å². The maximum absolute atomic E-state index is 12.7. The standard InChI is InChI=1S/C14H22N2O3S/c1-3-8-15-13-6-4-5-7-14(13)20(17,18)16-9-10-19-12(2)11-16/h4-7,12,15H,3,8-11H2,1-2H3. The molecule has 0 radical (unpaired) electrons. The van der Waals surface area contributed by atoms with Gasteiger partial charge in [-0.05, 0) is 25.5 Å². The highest BCUT2D eigenvalue weighted by Crippen LogP contribution is 2.25. The lowest BCUT2D eigenvalue weighted by Gasteiger charge is -2.30. The minimum atomic E-state index is -3.47. The highest BCUT2D eigenvalue weighted by atomic mass is 32.2. The third-order valence-electron chi connectivity index (χ3n) is 3.27.